The standard InChI is InChI=1S/C14H10BrClFN3/c1-7-3-8(2)19-14(10(7)6-18)20-13-11(15)4-9(17)5-12(13)16/h3-5H,1-2H3,(H,19,20). The summed E-state index contributed by atoms with van der Waals surface area (Å²) in [6.07, 6.45) is 0. The van der Waals surface area contributed by atoms with Gasteiger partial charge < -0.3 is 5.32 Å². The maximum Gasteiger partial charge on any atom is 0.148 e. The second kappa shape index (κ2) is 5.78. The number of nitrogens with one attached hydrogen (secondary N) is 1. The van der Waals surface area contributed by atoms with Crippen LogP contribution in [0.25, 0.3) is 0 Å². The van der Waals surface area contributed by atoms with E-state index in [4.69, 9.17) is 11.6 Å². The van der Waals surface area contributed by atoms with Crippen molar-refractivity contribution < 1.29 is 4.39 Å². The molecule has 0 aliphatic heterocycles. The Bertz CT molecular complexity index is 702. The Labute approximate surface area is 129 Å². The number of aryl methyl sites for hydroxylation is 2. The van der Waals surface area contributed by atoms with Crippen LogP contribution in [0, 0.1) is 31.0 Å². The number of halogens is 3. The molecule has 0 unspecified atom stereocenters. The molecule has 6 heteroatoms. The van der Waals surface area contributed by atoms with Gasteiger partial charge in [0.15, 0.2) is 0 Å². The maximum absolute atomic E-state index is 13.2. The van der Waals surface area contributed by atoms with Gasteiger partial charge in [-0.1, -0.05) is 11.6 Å². The molecule has 1 heterocycles. The lowest BCUT2D eigenvalue weighted by Crippen LogP contribution is -2.02. The predicted octanol–water partition coefficient (Wildman–Crippen LogP) is 4.87. The van der Waals surface area contributed by atoms with Crippen LogP contribution >= 0.6 is 27.5 Å². The number of pyridine rings is 1. The molecule has 0 spiro atoms. The van der Waals surface area contributed by atoms with E-state index in [1.165, 1.54) is 12.1 Å². The highest BCUT2D eigenvalue weighted by Gasteiger charge is 2.13. The molecule has 0 aliphatic rings. The molecule has 0 radical (unpaired) electrons. The number of hydrogen-bond acceptors (Lipinski definition) is 3. The molecule has 0 atom stereocenters. The zero-order chi connectivity index (χ0) is 14.9. The van der Waals surface area contributed by atoms with E-state index in [-0.39, 0.29) is 5.02 Å². The Kier molecular flexibility index (Phi) is 4.26. The lowest BCUT2D eigenvalue weighted by atomic mass is 10.1. The van der Waals surface area contributed by atoms with Crippen LogP contribution in [-0.2, 0) is 0 Å². The minimum atomic E-state index is -0.443. The fourth-order valence-electron chi connectivity index (χ4n) is 1.85. The second-order valence-electron chi connectivity index (χ2n) is 4.29. The van der Waals surface area contributed by atoms with Crippen LogP contribution in [0.3, 0.4) is 0 Å². The van der Waals surface area contributed by atoms with Crippen molar-refractivity contribution in [3.63, 3.8) is 0 Å². The molecule has 1 aromatic heterocycles. The first-order valence-electron chi connectivity index (χ1n) is 5.72. The molecule has 3 nitrogen and oxygen atoms in total. The Hall–Kier alpha value is -1.64. The normalized spacial score (nSPS) is 10.2. The van der Waals surface area contributed by atoms with Crippen LogP contribution in [0.2, 0.25) is 5.02 Å². The predicted molar refractivity (Wildman–Crippen MR) is 80.8 cm³/mol. The molecule has 1 N–H and O–H groups in total. The number of hydrogen-bond donors (Lipinski definition) is 1. The molecule has 2 aromatic rings. The van der Waals surface area contributed by atoms with Crippen molar-refractivity contribution in [1.82, 2.24) is 4.98 Å². The molecule has 1 aromatic carbocycles. The molecule has 0 bridgehead atoms. The number of anilines is 2. The molecule has 0 saturated heterocycles. The van der Waals surface area contributed by atoms with E-state index in [0.717, 1.165) is 11.3 Å². The summed E-state index contributed by atoms with van der Waals surface area (Å²) in [6, 6.07) is 6.42. The second-order valence-corrected chi connectivity index (χ2v) is 5.55. The Balaban J connectivity index is 2.54. The quantitative estimate of drug-likeness (QED) is 0.837. The average molecular weight is 355 g/mol. The van der Waals surface area contributed by atoms with Crippen molar-refractivity contribution in [2.24, 2.45) is 0 Å². The van der Waals surface area contributed by atoms with Gasteiger partial charge in [-0.2, -0.15) is 5.26 Å². The minimum Gasteiger partial charge on any atom is -0.337 e. The number of rotatable bonds is 2. The molecule has 0 amide bonds. The highest BCUT2D eigenvalue weighted by atomic mass is 79.9. The van der Waals surface area contributed by atoms with Gasteiger partial charge in [-0.3, -0.25) is 0 Å². The number of benzene rings is 1. The summed E-state index contributed by atoms with van der Waals surface area (Å²) < 4.78 is 13.7. The van der Waals surface area contributed by atoms with E-state index in [0.29, 0.717) is 21.5 Å². The fraction of sp³-hybridized carbons (Fsp3) is 0.143. The summed E-state index contributed by atoms with van der Waals surface area (Å²) in [6.45, 7) is 3.67. The summed E-state index contributed by atoms with van der Waals surface area (Å²) in [5.41, 5.74) is 2.50. The van der Waals surface area contributed by atoms with Gasteiger partial charge in [0.1, 0.15) is 17.7 Å². The van der Waals surface area contributed by atoms with Crippen LogP contribution in [-0.4, -0.2) is 4.98 Å². The third-order valence-corrected chi connectivity index (χ3v) is 3.63. The molecule has 102 valence electrons. The molecule has 2 rings (SSSR count). The summed E-state index contributed by atoms with van der Waals surface area (Å²) >= 11 is 9.26. The van der Waals surface area contributed by atoms with E-state index in [9.17, 15) is 9.65 Å². The molecule has 0 fully saturated rings. The van der Waals surface area contributed by atoms with Gasteiger partial charge in [0.05, 0.1) is 16.3 Å². The zero-order valence-electron chi connectivity index (χ0n) is 10.8. The molecular formula is C14H10BrClFN3. The van der Waals surface area contributed by atoms with Crippen molar-refractivity contribution >= 4 is 39.0 Å². The van der Waals surface area contributed by atoms with Crippen molar-refractivity contribution in [2.45, 2.75) is 13.8 Å². The lowest BCUT2D eigenvalue weighted by molar-refractivity contribution is 0.627. The highest BCUT2D eigenvalue weighted by molar-refractivity contribution is 9.10. The molecule has 0 saturated carbocycles. The first kappa shape index (κ1) is 14.8. The van der Waals surface area contributed by atoms with Gasteiger partial charge in [0.25, 0.3) is 0 Å². The maximum atomic E-state index is 13.2. The SMILES string of the molecule is Cc1cc(C)c(C#N)c(Nc2c(Cl)cc(F)cc2Br)n1. The van der Waals surface area contributed by atoms with E-state index < -0.39 is 5.82 Å². The number of aromatic nitrogens is 1. The molecule has 0 aliphatic carbocycles. The van der Waals surface area contributed by atoms with E-state index in [1.54, 1.807) is 0 Å². The monoisotopic (exact) mass is 353 g/mol. The van der Waals surface area contributed by atoms with Gasteiger partial charge in [0.2, 0.25) is 0 Å². The van der Waals surface area contributed by atoms with Crippen molar-refractivity contribution in [2.75, 3.05) is 5.32 Å². The Morgan fingerprint density at radius 3 is 2.65 bits per heavy atom. The van der Waals surface area contributed by atoms with Crippen LogP contribution in [0.5, 0.6) is 0 Å². The van der Waals surface area contributed by atoms with E-state index in [2.05, 4.69) is 32.3 Å². The van der Waals surface area contributed by atoms with Gasteiger partial charge >= 0.3 is 0 Å². The van der Waals surface area contributed by atoms with Crippen LogP contribution in [0.1, 0.15) is 16.8 Å². The van der Waals surface area contributed by atoms with Crippen LogP contribution in [0.15, 0.2) is 22.7 Å². The average Bonchev–Trinajstić information content (AvgIpc) is 2.33. The zero-order valence-corrected chi connectivity index (χ0v) is 13.1. The van der Waals surface area contributed by atoms with E-state index >= 15 is 0 Å². The summed E-state index contributed by atoms with van der Waals surface area (Å²) in [5, 5.41) is 12.4. The van der Waals surface area contributed by atoms with Crippen molar-refractivity contribution in [1.29, 1.82) is 5.26 Å². The molecule has 20 heavy (non-hydrogen) atoms. The Morgan fingerprint density at radius 2 is 2.05 bits per heavy atom. The van der Waals surface area contributed by atoms with Gasteiger partial charge in [-0.05, 0) is 53.5 Å². The molecular weight excluding hydrogens is 345 g/mol. The first-order chi connectivity index (χ1) is 9.42. The van der Waals surface area contributed by atoms with E-state index in [1.807, 2.05) is 19.9 Å². The summed E-state index contributed by atoms with van der Waals surface area (Å²) in [5.74, 6) is -0.0412. The van der Waals surface area contributed by atoms with Crippen molar-refractivity contribution in [3.05, 3.63) is 50.3 Å². The topological polar surface area (TPSA) is 48.7 Å². The fourth-order valence-corrected chi connectivity index (χ4v) is 2.75. The first-order valence-corrected chi connectivity index (χ1v) is 6.89. The van der Waals surface area contributed by atoms with Crippen LogP contribution < -0.4 is 5.32 Å². The lowest BCUT2D eigenvalue weighted by Gasteiger charge is -2.13. The third kappa shape index (κ3) is 2.92. The summed E-state index contributed by atoms with van der Waals surface area (Å²) in [7, 11) is 0. The smallest absolute Gasteiger partial charge is 0.148 e. The highest BCUT2D eigenvalue weighted by Crippen LogP contribution is 2.34. The van der Waals surface area contributed by atoms with Gasteiger partial charge in [0, 0.05) is 10.2 Å². The Morgan fingerprint density at radius 1 is 1.35 bits per heavy atom. The minimum absolute atomic E-state index is 0.210. The van der Waals surface area contributed by atoms with Crippen LogP contribution in [0.4, 0.5) is 15.9 Å². The van der Waals surface area contributed by atoms with Gasteiger partial charge in [-0.25, -0.2) is 9.37 Å². The largest absolute Gasteiger partial charge is 0.337 e. The third-order valence-electron chi connectivity index (χ3n) is 2.71. The van der Waals surface area contributed by atoms with Gasteiger partial charge in [-0.15, -0.1) is 0 Å². The number of nitriles is 1. The number of nitrogens with zero attached hydrogens (tertiary/aromatic N) is 2. The summed E-state index contributed by atoms with van der Waals surface area (Å²) in [4.78, 5) is 4.30. The van der Waals surface area contributed by atoms with Crippen molar-refractivity contribution in [3.8, 4) is 6.07 Å².